The number of amides is 1. The Bertz CT molecular complexity index is 796. The van der Waals surface area contributed by atoms with Crippen molar-refractivity contribution in [3.63, 3.8) is 0 Å². The molecule has 4 nitrogen and oxygen atoms in total. The van der Waals surface area contributed by atoms with E-state index in [0.29, 0.717) is 26.2 Å². The summed E-state index contributed by atoms with van der Waals surface area (Å²) in [5, 5.41) is 4.16. The molecule has 25 heavy (non-hydrogen) atoms. The van der Waals surface area contributed by atoms with Gasteiger partial charge in [0.05, 0.1) is 6.61 Å². The van der Waals surface area contributed by atoms with Gasteiger partial charge >= 0.3 is 0 Å². The van der Waals surface area contributed by atoms with Gasteiger partial charge in [0.1, 0.15) is 0 Å². The minimum Gasteiger partial charge on any atom is -0.377 e. The van der Waals surface area contributed by atoms with E-state index in [4.69, 9.17) is 4.74 Å². The highest BCUT2D eigenvalue weighted by Gasteiger charge is 2.06. The van der Waals surface area contributed by atoms with Crippen molar-refractivity contribution < 1.29 is 9.53 Å². The van der Waals surface area contributed by atoms with Crippen LogP contribution in [0.3, 0.4) is 0 Å². The first-order valence-electron chi connectivity index (χ1n) is 8.76. The molecule has 2 N–H and O–H groups in total. The molecule has 0 unspecified atom stereocenters. The first kappa shape index (κ1) is 17.2. The van der Waals surface area contributed by atoms with Crippen LogP contribution in [0.15, 0.2) is 60.8 Å². The van der Waals surface area contributed by atoms with Crippen LogP contribution in [0.25, 0.3) is 10.9 Å². The van der Waals surface area contributed by atoms with E-state index >= 15 is 0 Å². The quantitative estimate of drug-likeness (QED) is 0.584. The average molecular weight is 336 g/mol. The number of nitrogens with one attached hydrogen (secondary N) is 2. The van der Waals surface area contributed by atoms with Gasteiger partial charge in [0, 0.05) is 36.7 Å². The van der Waals surface area contributed by atoms with Crippen molar-refractivity contribution in [2.24, 2.45) is 0 Å². The number of aromatic amines is 1. The zero-order chi connectivity index (χ0) is 17.3. The van der Waals surface area contributed by atoms with Gasteiger partial charge in [-0.25, -0.2) is 0 Å². The number of aryl methyl sites for hydroxylation is 1. The van der Waals surface area contributed by atoms with Gasteiger partial charge < -0.3 is 15.0 Å². The average Bonchev–Trinajstić information content (AvgIpc) is 3.07. The zero-order valence-corrected chi connectivity index (χ0v) is 14.3. The number of rotatable bonds is 9. The number of carbonyl (C=O) groups excluding carboxylic acids is 1. The van der Waals surface area contributed by atoms with E-state index in [1.165, 1.54) is 16.5 Å². The number of hydrogen-bond acceptors (Lipinski definition) is 2. The first-order chi connectivity index (χ1) is 12.3. The molecule has 130 valence electrons. The maximum atomic E-state index is 12.0. The van der Waals surface area contributed by atoms with Gasteiger partial charge in [0.2, 0.25) is 5.91 Å². The van der Waals surface area contributed by atoms with E-state index in [9.17, 15) is 4.79 Å². The number of ether oxygens (including phenoxy) is 1. The van der Waals surface area contributed by atoms with Crippen LogP contribution in [0.5, 0.6) is 0 Å². The Morgan fingerprint density at radius 3 is 2.72 bits per heavy atom. The molecule has 0 spiro atoms. The van der Waals surface area contributed by atoms with Crippen molar-refractivity contribution in [1.82, 2.24) is 10.3 Å². The topological polar surface area (TPSA) is 54.1 Å². The van der Waals surface area contributed by atoms with Crippen LogP contribution >= 0.6 is 0 Å². The lowest BCUT2D eigenvalue weighted by atomic mass is 10.1. The maximum Gasteiger partial charge on any atom is 0.220 e. The summed E-state index contributed by atoms with van der Waals surface area (Å²) in [6.07, 6.45) is 4.08. The smallest absolute Gasteiger partial charge is 0.220 e. The van der Waals surface area contributed by atoms with Crippen LogP contribution in [0, 0.1) is 0 Å². The molecule has 1 amide bonds. The molecule has 0 saturated carbocycles. The standard InChI is InChI=1S/C21H24N2O2/c24-21(12-11-18-15-23-20-10-5-4-9-19(18)20)22-13-6-14-25-16-17-7-2-1-3-8-17/h1-5,7-10,15,23H,6,11-14,16H2,(H,22,24). The predicted octanol–water partition coefficient (Wildman–Crippen LogP) is 3.82. The number of fused-ring (bicyclic) bond motifs is 1. The van der Waals surface area contributed by atoms with Crippen molar-refractivity contribution in [3.05, 3.63) is 71.9 Å². The summed E-state index contributed by atoms with van der Waals surface area (Å²) in [7, 11) is 0. The van der Waals surface area contributed by atoms with Gasteiger partial charge in [-0.2, -0.15) is 0 Å². The van der Waals surface area contributed by atoms with Gasteiger partial charge in [0.25, 0.3) is 0 Å². The Kier molecular flexibility index (Phi) is 6.23. The molecule has 1 aromatic heterocycles. The number of carbonyl (C=O) groups is 1. The molecule has 2 aromatic carbocycles. The highest BCUT2D eigenvalue weighted by Crippen LogP contribution is 2.18. The highest BCUT2D eigenvalue weighted by atomic mass is 16.5. The first-order valence-corrected chi connectivity index (χ1v) is 8.76. The minimum absolute atomic E-state index is 0.0911. The van der Waals surface area contributed by atoms with E-state index in [1.807, 2.05) is 54.7 Å². The molecule has 0 fully saturated rings. The third-order valence-electron chi connectivity index (χ3n) is 4.20. The molecule has 0 radical (unpaired) electrons. The Balaban J connectivity index is 1.29. The Morgan fingerprint density at radius 2 is 1.84 bits per heavy atom. The van der Waals surface area contributed by atoms with Gasteiger partial charge in [-0.05, 0) is 30.0 Å². The van der Waals surface area contributed by atoms with E-state index in [2.05, 4.69) is 16.4 Å². The molecule has 4 heteroatoms. The monoisotopic (exact) mass is 336 g/mol. The van der Waals surface area contributed by atoms with E-state index in [-0.39, 0.29) is 5.91 Å². The largest absolute Gasteiger partial charge is 0.377 e. The minimum atomic E-state index is 0.0911. The van der Waals surface area contributed by atoms with Crippen molar-refractivity contribution in [3.8, 4) is 0 Å². The molecule has 0 atom stereocenters. The summed E-state index contributed by atoms with van der Waals surface area (Å²) in [6.45, 7) is 1.93. The molecule has 3 rings (SSSR count). The third-order valence-corrected chi connectivity index (χ3v) is 4.20. The molecule has 0 saturated heterocycles. The molecule has 3 aromatic rings. The molecule has 0 aliphatic rings. The summed E-state index contributed by atoms with van der Waals surface area (Å²) in [5.41, 5.74) is 3.48. The number of para-hydroxylation sites is 1. The molecular weight excluding hydrogens is 312 g/mol. The Hall–Kier alpha value is -2.59. The van der Waals surface area contributed by atoms with Crippen LogP contribution in [0.2, 0.25) is 0 Å². The highest BCUT2D eigenvalue weighted by molar-refractivity contribution is 5.84. The molecule has 0 bridgehead atoms. The number of H-pyrrole nitrogens is 1. The van der Waals surface area contributed by atoms with Crippen LogP contribution in [0.1, 0.15) is 24.0 Å². The lowest BCUT2D eigenvalue weighted by molar-refractivity contribution is -0.121. The normalized spacial score (nSPS) is 10.9. The lowest BCUT2D eigenvalue weighted by Gasteiger charge is -2.06. The van der Waals surface area contributed by atoms with Gasteiger partial charge in [-0.3, -0.25) is 4.79 Å². The SMILES string of the molecule is O=C(CCc1c[nH]c2ccccc12)NCCCOCc1ccccc1. The van der Waals surface area contributed by atoms with Crippen LogP contribution < -0.4 is 5.32 Å². The van der Waals surface area contributed by atoms with Crippen LogP contribution in [0.4, 0.5) is 0 Å². The lowest BCUT2D eigenvalue weighted by Crippen LogP contribution is -2.25. The molecule has 0 aliphatic carbocycles. The molecule has 0 aliphatic heterocycles. The van der Waals surface area contributed by atoms with E-state index in [0.717, 1.165) is 18.4 Å². The second-order valence-corrected chi connectivity index (χ2v) is 6.10. The predicted molar refractivity (Wildman–Crippen MR) is 100 cm³/mol. The summed E-state index contributed by atoms with van der Waals surface area (Å²) < 4.78 is 5.61. The summed E-state index contributed by atoms with van der Waals surface area (Å²) in [4.78, 5) is 15.2. The van der Waals surface area contributed by atoms with E-state index in [1.54, 1.807) is 0 Å². The number of hydrogen-bond donors (Lipinski definition) is 2. The number of benzene rings is 2. The third kappa shape index (κ3) is 5.19. The van der Waals surface area contributed by atoms with Crippen molar-refractivity contribution in [1.29, 1.82) is 0 Å². The van der Waals surface area contributed by atoms with Crippen molar-refractivity contribution >= 4 is 16.8 Å². The molecule has 1 heterocycles. The second-order valence-electron chi connectivity index (χ2n) is 6.10. The maximum absolute atomic E-state index is 12.0. The van der Waals surface area contributed by atoms with Crippen LogP contribution in [-0.4, -0.2) is 24.0 Å². The van der Waals surface area contributed by atoms with Crippen molar-refractivity contribution in [2.75, 3.05) is 13.2 Å². The fourth-order valence-corrected chi connectivity index (χ4v) is 2.84. The number of aromatic nitrogens is 1. The van der Waals surface area contributed by atoms with Crippen molar-refractivity contribution in [2.45, 2.75) is 25.9 Å². The fraction of sp³-hybridized carbons (Fsp3) is 0.286. The summed E-state index contributed by atoms with van der Waals surface area (Å²) >= 11 is 0. The summed E-state index contributed by atoms with van der Waals surface area (Å²) in [6, 6.07) is 18.3. The van der Waals surface area contributed by atoms with E-state index < -0.39 is 0 Å². The van der Waals surface area contributed by atoms with Gasteiger partial charge in [-0.15, -0.1) is 0 Å². The molecular formula is C21H24N2O2. The fourth-order valence-electron chi connectivity index (χ4n) is 2.84. The Morgan fingerprint density at radius 1 is 1.04 bits per heavy atom. The Labute approximate surface area is 148 Å². The zero-order valence-electron chi connectivity index (χ0n) is 14.3. The van der Waals surface area contributed by atoms with Gasteiger partial charge in [0.15, 0.2) is 0 Å². The summed E-state index contributed by atoms with van der Waals surface area (Å²) in [5.74, 6) is 0.0911. The van der Waals surface area contributed by atoms with Crippen LogP contribution in [-0.2, 0) is 22.6 Å². The van der Waals surface area contributed by atoms with Gasteiger partial charge in [-0.1, -0.05) is 48.5 Å². The second kappa shape index (κ2) is 9.04.